The lowest BCUT2D eigenvalue weighted by Gasteiger charge is -2.44. The molecule has 2 aromatic heterocycles. The molecule has 4 heterocycles. The number of anilines is 3. The molecule has 5 rings (SSSR count). The van der Waals surface area contributed by atoms with Gasteiger partial charge in [-0.2, -0.15) is 13.2 Å². The summed E-state index contributed by atoms with van der Waals surface area (Å²) in [6.07, 6.45) is 2.53. The van der Waals surface area contributed by atoms with Crippen LogP contribution in [0.15, 0.2) is 47.7 Å². The summed E-state index contributed by atoms with van der Waals surface area (Å²) in [7, 11) is 2.00. The van der Waals surface area contributed by atoms with Crippen LogP contribution in [0.5, 0.6) is 0 Å². The Bertz CT molecular complexity index is 1610. The number of nitrogens with one attached hydrogen (secondary N) is 2. The number of H-pyrrole nitrogens is 1. The van der Waals surface area contributed by atoms with Crippen molar-refractivity contribution in [2.24, 2.45) is 0 Å². The Morgan fingerprint density at radius 1 is 1.09 bits per heavy atom. The first-order valence-corrected chi connectivity index (χ1v) is 14.5. The van der Waals surface area contributed by atoms with E-state index in [1.807, 2.05) is 43.7 Å². The molecule has 234 valence electrons. The maximum absolute atomic E-state index is 15.9. The standard InChI is InChI=1S/C31H35F4N7O2/c1-5-20-13-37-30(38-14-20)41-8-6-21(7-9-41)22-10-26(27(12-25(22)32)42-16-18(2)40(4)19(3)17-42)39-29(44)23-15-36-28(43)11-24(23)31(33,34)35/h6,10-15,18-19H,5,7-9,16-17H2,1-4H3,(H,36,43)(H,39,44)/t18-,19+. The Balaban J connectivity index is 1.51. The number of piperazine rings is 1. The predicted molar refractivity (Wildman–Crippen MR) is 162 cm³/mol. The molecule has 0 unspecified atom stereocenters. The highest BCUT2D eigenvalue weighted by Gasteiger charge is 2.36. The van der Waals surface area contributed by atoms with Gasteiger partial charge >= 0.3 is 6.18 Å². The van der Waals surface area contributed by atoms with Gasteiger partial charge in [0.1, 0.15) is 5.82 Å². The monoisotopic (exact) mass is 613 g/mol. The first kappa shape index (κ1) is 31.2. The lowest BCUT2D eigenvalue weighted by Crippen LogP contribution is -2.55. The number of benzene rings is 1. The van der Waals surface area contributed by atoms with Crippen LogP contribution in [-0.4, -0.2) is 71.1 Å². The minimum absolute atomic E-state index is 0.0988. The molecule has 1 fully saturated rings. The number of rotatable bonds is 6. The Morgan fingerprint density at radius 3 is 2.36 bits per heavy atom. The van der Waals surface area contributed by atoms with Gasteiger partial charge in [-0.3, -0.25) is 14.5 Å². The molecular formula is C31H35F4N7O2. The second-order valence-corrected chi connectivity index (χ2v) is 11.4. The fourth-order valence-electron chi connectivity index (χ4n) is 5.64. The highest BCUT2D eigenvalue weighted by Crippen LogP contribution is 2.37. The van der Waals surface area contributed by atoms with Crippen LogP contribution in [0, 0.1) is 5.82 Å². The van der Waals surface area contributed by atoms with Crippen LogP contribution in [0.4, 0.5) is 34.9 Å². The van der Waals surface area contributed by atoms with Gasteiger partial charge < -0.3 is 20.1 Å². The molecule has 9 nitrogen and oxygen atoms in total. The highest BCUT2D eigenvalue weighted by molar-refractivity contribution is 6.07. The fourth-order valence-corrected chi connectivity index (χ4v) is 5.64. The lowest BCUT2D eigenvalue weighted by atomic mass is 9.97. The molecule has 2 aliphatic rings. The minimum Gasteiger partial charge on any atom is -0.367 e. The molecule has 13 heteroatoms. The molecule has 0 spiro atoms. The number of nitrogens with zero attached hydrogens (tertiary/aromatic N) is 5. The van der Waals surface area contributed by atoms with Crippen LogP contribution in [-0.2, 0) is 12.6 Å². The molecule has 3 aromatic rings. The van der Waals surface area contributed by atoms with E-state index in [9.17, 15) is 22.8 Å². The van der Waals surface area contributed by atoms with Crippen molar-refractivity contribution in [3.63, 3.8) is 0 Å². The van der Waals surface area contributed by atoms with Crippen molar-refractivity contribution in [1.82, 2.24) is 19.9 Å². The zero-order valence-electron chi connectivity index (χ0n) is 25.0. The summed E-state index contributed by atoms with van der Waals surface area (Å²) in [5.74, 6) is -1.000. The maximum atomic E-state index is 15.9. The predicted octanol–water partition coefficient (Wildman–Crippen LogP) is 4.96. The molecule has 2 atom stereocenters. The molecular weight excluding hydrogens is 578 g/mol. The van der Waals surface area contributed by atoms with Crippen molar-refractivity contribution in [1.29, 1.82) is 0 Å². The van der Waals surface area contributed by atoms with Gasteiger partial charge in [0.2, 0.25) is 11.5 Å². The topological polar surface area (TPSA) is 97.5 Å². The Hall–Kier alpha value is -4.26. The number of hydrogen-bond acceptors (Lipinski definition) is 7. The van der Waals surface area contributed by atoms with Crippen molar-refractivity contribution in [2.45, 2.75) is 51.9 Å². The number of pyridine rings is 1. The van der Waals surface area contributed by atoms with E-state index in [1.165, 1.54) is 12.1 Å². The molecule has 0 bridgehead atoms. The van der Waals surface area contributed by atoms with E-state index in [0.717, 1.165) is 18.2 Å². The summed E-state index contributed by atoms with van der Waals surface area (Å²) in [4.78, 5) is 42.1. The van der Waals surface area contributed by atoms with Gasteiger partial charge in [0.15, 0.2) is 0 Å². The summed E-state index contributed by atoms with van der Waals surface area (Å²) in [5, 5.41) is 2.61. The molecule has 0 saturated carbocycles. The third-order valence-corrected chi connectivity index (χ3v) is 8.45. The number of alkyl halides is 3. The fraction of sp³-hybridized carbons (Fsp3) is 0.419. The van der Waals surface area contributed by atoms with Crippen LogP contribution in [0.2, 0.25) is 0 Å². The average molecular weight is 614 g/mol. The first-order valence-electron chi connectivity index (χ1n) is 14.5. The van der Waals surface area contributed by atoms with Crippen LogP contribution in [0.3, 0.4) is 0 Å². The van der Waals surface area contributed by atoms with E-state index < -0.39 is 34.6 Å². The Kier molecular flexibility index (Phi) is 8.78. The van der Waals surface area contributed by atoms with Crippen molar-refractivity contribution >= 4 is 28.8 Å². The van der Waals surface area contributed by atoms with Crippen LogP contribution in [0.1, 0.15) is 54.2 Å². The van der Waals surface area contributed by atoms with Crippen molar-refractivity contribution in [3.05, 3.63) is 81.3 Å². The van der Waals surface area contributed by atoms with Gasteiger partial charge in [0.05, 0.1) is 22.5 Å². The molecule has 44 heavy (non-hydrogen) atoms. The molecule has 0 radical (unpaired) electrons. The van der Waals surface area contributed by atoms with E-state index in [0.29, 0.717) is 55.9 Å². The van der Waals surface area contributed by atoms with E-state index in [4.69, 9.17) is 0 Å². The number of carbonyl (C=O) groups is 1. The molecule has 2 N–H and O–H groups in total. The number of hydrogen-bond donors (Lipinski definition) is 2. The smallest absolute Gasteiger partial charge is 0.367 e. The Morgan fingerprint density at radius 2 is 1.77 bits per heavy atom. The first-order chi connectivity index (χ1) is 20.8. The number of halogens is 4. The maximum Gasteiger partial charge on any atom is 0.417 e. The summed E-state index contributed by atoms with van der Waals surface area (Å²) in [6.45, 7) is 8.07. The minimum atomic E-state index is -4.93. The molecule has 0 aliphatic carbocycles. The third kappa shape index (κ3) is 6.47. The molecule has 1 aromatic carbocycles. The van der Waals surface area contributed by atoms with Crippen molar-refractivity contribution in [2.75, 3.05) is 48.3 Å². The van der Waals surface area contributed by atoms with E-state index in [2.05, 4.69) is 25.2 Å². The normalized spacial score (nSPS) is 19.6. The quantitative estimate of drug-likeness (QED) is 0.380. The van der Waals surface area contributed by atoms with Gasteiger partial charge in [0.25, 0.3) is 5.91 Å². The summed E-state index contributed by atoms with van der Waals surface area (Å²) in [5.41, 5.74) is -0.561. The third-order valence-electron chi connectivity index (χ3n) is 8.45. The molecule has 2 aliphatic heterocycles. The zero-order valence-corrected chi connectivity index (χ0v) is 25.0. The number of aryl methyl sites for hydroxylation is 1. The van der Waals surface area contributed by atoms with Crippen LogP contribution < -0.4 is 20.7 Å². The van der Waals surface area contributed by atoms with Gasteiger partial charge in [-0.25, -0.2) is 14.4 Å². The second-order valence-electron chi connectivity index (χ2n) is 11.4. The largest absolute Gasteiger partial charge is 0.417 e. The van der Waals surface area contributed by atoms with E-state index >= 15 is 4.39 Å². The SMILES string of the molecule is CCc1cnc(N2CC=C(c3cc(NC(=O)c4c[nH]c(=O)cc4C(F)(F)F)c(N4C[C@@H](C)N(C)[C@@H](C)C4)cc3F)CC2)nc1. The lowest BCUT2D eigenvalue weighted by molar-refractivity contribution is -0.138. The van der Waals surface area contributed by atoms with Crippen molar-refractivity contribution in [3.8, 4) is 0 Å². The zero-order chi connectivity index (χ0) is 31.8. The van der Waals surface area contributed by atoms with Gasteiger partial charge in [0, 0.05) is 68.5 Å². The second kappa shape index (κ2) is 12.4. The number of likely N-dealkylation sites (N-methyl/N-ethyl adjacent to an activating group) is 1. The van der Waals surface area contributed by atoms with Gasteiger partial charge in [-0.05, 0) is 57.0 Å². The van der Waals surface area contributed by atoms with Crippen LogP contribution in [0.25, 0.3) is 5.57 Å². The van der Waals surface area contributed by atoms with Gasteiger partial charge in [-0.15, -0.1) is 0 Å². The molecule has 1 saturated heterocycles. The highest BCUT2D eigenvalue weighted by atomic mass is 19.4. The summed E-state index contributed by atoms with van der Waals surface area (Å²) >= 11 is 0. The van der Waals surface area contributed by atoms with E-state index in [-0.39, 0.29) is 23.3 Å². The summed E-state index contributed by atoms with van der Waals surface area (Å²) in [6, 6.07) is 3.38. The summed E-state index contributed by atoms with van der Waals surface area (Å²) < 4.78 is 57.1. The average Bonchev–Trinajstić information content (AvgIpc) is 3.00. The number of aromatic amines is 1. The number of aromatic nitrogens is 3. The van der Waals surface area contributed by atoms with E-state index in [1.54, 1.807) is 12.4 Å². The number of carbonyl (C=O) groups excluding carboxylic acids is 1. The van der Waals surface area contributed by atoms with Crippen molar-refractivity contribution < 1.29 is 22.4 Å². The molecule has 1 amide bonds. The van der Waals surface area contributed by atoms with Crippen LogP contribution >= 0.6 is 0 Å². The number of amides is 1. The Labute approximate surface area is 252 Å². The van der Waals surface area contributed by atoms with Gasteiger partial charge in [-0.1, -0.05) is 13.0 Å².